The number of ether oxygens (including phenoxy) is 1. The molecular weight excluding hydrogens is 316 g/mol. The molecule has 0 fully saturated rings. The predicted octanol–water partition coefficient (Wildman–Crippen LogP) is 0.888. The number of nitrogens with zero attached hydrogens (tertiary/aromatic N) is 3. The van der Waals surface area contributed by atoms with Crippen LogP contribution in [-0.2, 0) is 26.2 Å². The molecule has 0 spiro atoms. The van der Waals surface area contributed by atoms with E-state index in [0.717, 1.165) is 15.7 Å². The number of anilines is 1. The molecular formula is C11H20N4O4S2. The fourth-order valence-electron chi connectivity index (χ4n) is 1.39. The zero-order chi connectivity index (χ0) is 16.0. The van der Waals surface area contributed by atoms with Gasteiger partial charge < -0.3 is 4.74 Å². The number of aromatic nitrogens is 2. The molecule has 0 bridgehead atoms. The van der Waals surface area contributed by atoms with Gasteiger partial charge >= 0.3 is 16.2 Å². The van der Waals surface area contributed by atoms with Crippen LogP contribution in [-0.4, -0.2) is 49.6 Å². The summed E-state index contributed by atoms with van der Waals surface area (Å²) in [6.45, 7) is 4.12. The number of esters is 1. The van der Waals surface area contributed by atoms with Crippen molar-refractivity contribution >= 4 is 32.6 Å². The van der Waals surface area contributed by atoms with Crippen LogP contribution < -0.4 is 4.72 Å². The summed E-state index contributed by atoms with van der Waals surface area (Å²) in [5, 5.41) is 8.74. The van der Waals surface area contributed by atoms with E-state index in [0.29, 0.717) is 5.92 Å². The van der Waals surface area contributed by atoms with Gasteiger partial charge in [0.1, 0.15) is 5.01 Å². The summed E-state index contributed by atoms with van der Waals surface area (Å²) < 4.78 is 31.9. The van der Waals surface area contributed by atoms with E-state index in [1.165, 1.54) is 25.5 Å². The maximum Gasteiger partial charge on any atom is 0.306 e. The molecule has 0 unspecified atom stereocenters. The van der Waals surface area contributed by atoms with Crippen LogP contribution in [0.5, 0.6) is 0 Å². The van der Waals surface area contributed by atoms with Gasteiger partial charge in [0.2, 0.25) is 5.13 Å². The van der Waals surface area contributed by atoms with Crippen molar-refractivity contribution in [3.8, 4) is 0 Å². The number of rotatable bonds is 8. The molecule has 1 rings (SSSR count). The third-order valence-electron chi connectivity index (χ3n) is 2.53. The summed E-state index contributed by atoms with van der Waals surface area (Å²) in [5.41, 5.74) is 0. The van der Waals surface area contributed by atoms with Gasteiger partial charge in [-0.2, -0.15) is 12.7 Å². The maximum atomic E-state index is 12.0. The Morgan fingerprint density at radius 3 is 2.67 bits per heavy atom. The highest BCUT2D eigenvalue weighted by atomic mass is 32.2. The highest BCUT2D eigenvalue weighted by Gasteiger charge is 2.20. The lowest BCUT2D eigenvalue weighted by atomic mass is 10.1. The Bertz CT molecular complexity index is 571. The summed E-state index contributed by atoms with van der Waals surface area (Å²) in [6, 6.07) is 0. The summed E-state index contributed by atoms with van der Waals surface area (Å²) in [7, 11) is -1.12. The first-order chi connectivity index (χ1) is 9.74. The number of nitrogens with one attached hydrogen (secondary N) is 1. The first-order valence-corrected chi connectivity index (χ1v) is 8.63. The minimum absolute atomic E-state index is 0.0113. The van der Waals surface area contributed by atoms with Crippen molar-refractivity contribution in [1.82, 2.24) is 14.5 Å². The molecule has 0 saturated carbocycles. The lowest BCUT2D eigenvalue weighted by Gasteiger charge is -2.16. The van der Waals surface area contributed by atoms with E-state index < -0.39 is 16.2 Å². The summed E-state index contributed by atoms with van der Waals surface area (Å²) in [4.78, 5) is 11.0. The van der Waals surface area contributed by atoms with Crippen LogP contribution >= 0.6 is 11.3 Å². The SMILES string of the molecule is COC(=O)CCN(C)S(=O)(=O)Nc1nnc(CC(C)C)s1. The third-order valence-corrected chi connectivity index (χ3v) is 4.98. The van der Waals surface area contributed by atoms with E-state index >= 15 is 0 Å². The van der Waals surface area contributed by atoms with Gasteiger partial charge in [-0.05, 0) is 5.92 Å². The molecule has 120 valence electrons. The number of hydrogen-bond donors (Lipinski definition) is 1. The van der Waals surface area contributed by atoms with Crippen molar-refractivity contribution in [2.75, 3.05) is 25.4 Å². The van der Waals surface area contributed by atoms with Gasteiger partial charge in [-0.3, -0.25) is 4.79 Å². The minimum atomic E-state index is -3.75. The van der Waals surface area contributed by atoms with Gasteiger partial charge in [-0.1, -0.05) is 25.2 Å². The number of methoxy groups -OCH3 is 1. The van der Waals surface area contributed by atoms with Crippen molar-refractivity contribution in [1.29, 1.82) is 0 Å². The number of carbonyl (C=O) groups excluding carboxylic acids is 1. The Morgan fingerprint density at radius 2 is 2.10 bits per heavy atom. The molecule has 0 saturated heterocycles. The largest absolute Gasteiger partial charge is 0.469 e. The zero-order valence-electron chi connectivity index (χ0n) is 12.5. The van der Waals surface area contributed by atoms with Gasteiger partial charge in [0.15, 0.2) is 0 Å². The van der Waals surface area contributed by atoms with Crippen LogP contribution in [0.15, 0.2) is 0 Å². The minimum Gasteiger partial charge on any atom is -0.469 e. The first kappa shape index (κ1) is 17.8. The second-order valence-electron chi connectivity index (χ2n) is 4.85. The topological polar surface area (TPSA) is 101 Å². The molecule has 0 aliphatic heterocycles. The quantitative estimate of drug-likeness (QED) is 0.707. The normalized spacial score (nSPS) is 11.9. The van der Waals surface area contributed by atoms with Crippen LogP contribution in [0, 0.1) is 5.92 Å². The Labute approximate surface area is 128 Å². The zero-order valence-corrected chi connectivity index (χ0v) is 14.1. The molecule has 1 N–H and O–H groups in total. The second-order valence-corrected chi connectivity index (χ2v) is 7.69. The van der Waals surface area contributed by atoms with Crippen LogP contribution in [0.3, 0.4) is 0 Å². The third kappa shape index (κ3) is 5.94. The lowest BCUT2D eigenvalue weighted by molar-refractivity contribution is -0.140. The van der Waals surface area contributed by atoms with E-state index in [1.807, 2.05) is 13.8 Å². The first-order valence-electron chi connectivity index (χ1n) is 6.38. The molecule has 0 aliphatic rings. The molecule has 0 atom stereocenters. The number of hydrogen-bond acceptors (Lipinski definition) is 7. The van der Waals surface area contributed by atoms with Crippen molar-refractivity contribution in [2.24, 2.45) is 5.92 Å². The predicted molar refractivity (Wildman–Crippen MR) is 80.3 cm³/mol. The van der Waals surface area contributed by atoms with Crippen LogP contribution in [0.4, 0.5) is 5.13 Å². The highest BCUT2D eigenvalue weighted by Crippen LogP contribution is 2.19. The van der Waals surface area contributed by atoms with Gasteiger partial charge in [-0.15, -0.1) is 10.2 Å². The standard InChI is InChI=1S/C11H20N4O4S2/c1-8(2)7-9-12-13-11(20-9)14-21(17,18)15(3)6-5-10(16)19-4/h8H,5-7H2,1-4H3,(H,13,14). The molecule has 10 heteroatoms. The molecule has 21 heavy (non-hydrogen) atoms. The Kier molecular flexibility index (Phi) is 6.49. The lowest BCUT2D eigenvalue weighted by Crippen LogP contribution is -2.34. The van der Waals surface area contributed by atoms with Crippen molar-refractivity contribution in [2.45, 2.75) is 26.7 Å². The van der Waals surface area contributed by atoms with Gasteiger partial charge in [0.05, 0.1) is 13.5 Å². The summed E-state index contributed by atoms with van der Waals surface area (Å²) in [6.07, 6.45) is 0.736. The van der Waals surface area contributed by atoms with E-state index in [-0.39, 0.29) is 18.1 Å². The average Bonchev–Trinajstić information content (AvgIpc) is 2.80. The molecule has 0 aliphatic carbocycles. The van der Waals surface area contributed by atoms with E-state index in [1.54, 1.807) is 0 Å². The Hall–Kier alpha value is -1.26. The van der Waals surface area contributed by atoms with Crippen LogP contribution in [0.25, 0.3) is 0 Å². The summed E-state index contributed by atoms with van der Waals surface area (Å²) >= 11 is 1.20. The highest BCUT2D eigenvalue weighted by molar-refractivity contribution is 7.90. The molecule has 0 aromatic carbocycles. The van der Waals surface area contributed by atoms with Gasteiger partial charge in [0.25, 0.3) is 0 Å². The molecule has 0 radical (unpaired) electrons. The van der Waals surface area contributed by atoms with E-state index in [2.05, 4.69) is 19.7 Å². The number of carbonyl (C=O) groups is 1. The molecule has 1 aromatic heterocycles. The fraction of sp³-hybridized carbons (Fsp3) is 0.727. The maximum absolute atomic E-state index is 12.0. The van der Waals surface area contributed by atoms with Crippen molar-refractivity contribution in [3.05, 3.63) is 5.01 Å². The molecule has 1 aromatic rings. The Balaban J connectivity index is 2.62. The summed E-state index contributed by atoms with van der Waals surface area (Å²) in [5.74, 6) is -0.0441. The molecule has 8 nitrogen and oxygen atoms in total. The molecule has 0 amide bonds. The second kappa shape index (κ2) is 7.66. The average molecular weight is 336 g/mol. The monoisotopic (exact) mass is 336 g/mol. The van der Waals surface area contributed by atoms with Crippen LogP contribution in [0.2, 0.25) is 0 Å². The molecule has 1 heterocycles. The van der Waals surface area contributed by atoms with Gasteiger partial charge in [0, 0.05) is 20.0 Å². The van der Waals surface area contributed by atoms with E-state index in [9.17, 15) is 13.2 Å². The van der Waals surface area contributed by atoms with Gasteiger partial charge in [-0.25, -0.2) is 4.72 Å². The Morgan fingerprint density at radius 1 is 1.43 bits per heavy atom. The van der Waals surface area contributed by atoms with E-state index in [4.69, 9.17) is 0 Å². The fourth-order valence-corrected chi connectivity index (χ4v) is 3.42. The smallest absolute Gasteiger partial charge is 0.306 e. The van der Waals surface area contributed by atoms with Crippen molar-refractivity contribution < 1.29 is 17.9 Å². The van der Waals surface area contributed by atoms with Crippen LogP contribution in [0.1, 0.15) is 25.3 Å². The van der Waals surface area contributed by atoms with Crippen molar-refractivity contribution in [3.63, 3.8) is 0 Å².